The average Bonchev–Trinajstić information content (AvgIpc) is 2.87. The molecular formula is C13H24O2S. The average molecular weight is 244 g/mol. The molecular weight excluding hydrogens is 220 g/mol. The van der Waals surface area contributed by atoms with Gasteiger partial charge in [0.25, 0.3) is 0 Å². The van der Waals surface area contributed by atoms with Gasteiger partial charge in [0.1, 0.15) is 0 Å². The first-order chi connectivity index (χ1) is 7.75. The molecule has 0 spiro atoms. The molecule has 2 nitrogen and oxygen atoms in total. The Hall–Kier alpha value is 0.270. The molecule has 2 rings (SSSR count). The number of rotatable bonds is 5. The Labute approximate surface area is 103 Å². The third-order valence-corrected chi connectivity index (χ3v) is 5.51. The molecule has 0 amide bonds. The van der Waals surface area contributed by atoms with E-state index in [1.165, 1.54) is 25.7 Å². The zero-order valence-corrected chi connectivity index (χ0v) is 11.0. The lowest BCUT2D eigenvalue weighted by atomic mass is 10.0. The van der Waals surface area contributed by atoms with Gasteiger partial charge in [-0.15, -0.1) is 0 Å². The third-order valence-electron chi connectivity index (χ3n) is 3.89. The lowest BCUT2D eigenvalue weighted by Gasteiger charge is -2.18. The van der Waals surface area contributed by atoms with E-state index in [-0.39, 0.29) is 6.10 Å². The molecule has 1 aliphatic carbocycles. The molecule has 2 fully saturated rings. The van der Waals surface area contributed by atoms with Gasteiger partial charge in [-0.1, -0.05) is 25.7 Å². The summed E-state index contributed by atoms with van der Waals surface area (Å²) in [5, 5.41) is 10.6. The van der Waals surface area contributed by atoms with E-state index in [1.54, 1.807) is 0 Å². The predicted octanol–water partition coefficient (Wildman–Crippen LogP) is 2.84. The van der Waals surface area contributed by atoms with Crippen LogP contribution in [0.4, 0.5) is 0 Å². The van der Waals surface area contributed by atoms with Crippen LogP contribution in [-0.4, -0.2) is 34.9 Å². The van der Waals surface area contributed by atoms with Gasteiger partial charge in [0, 0.05) is 17.6 Å². The molecule has 2 aliphatic rings. The zero-order valence-electron chi connectivity index (χ0n) is 10.2. The van der Waals surface area contributed by atoms with Gasteiger partial charge in [-0.05, 0) is 25.7 Å². The fraction of sp³-hybridized carbons (Fsp3) is 1.00. The van der Waals surface area contributed by atoms with Crippen LogP contribution in [0.25, 0.3) is 0 Å². The van der Waals surface area contributed by atoms with Gasteiger partial charge < -0.3 is 9.84 Å². The maximum atomic E-state index is 9.99. The van der Waals surface area contributed by atoms with Crippen molar-refractivity contribution < 1.29 is 9.84 Å². The van der Waals surface area contributed by atoms with Crippen molar-refractivity contribution in [1.29, 1.82) is 0 Å². The highest BCUT2D eigenvalue weighted by Gasteiger charge is 2.26. The van der Waals surface area contributed by atoms with Crippen molar-refractivity contribution in [1.82, 2.24) is 0 Å². The van der Waals surface area contributed by atoms with Crippen LogP contribution in [0.5, 0.6) is 0 Å². The third kappa shape index (κ3) is 3.64. The first-order valence-corrected chi connectivity index (χ1v) is 7.72. The highest BCUT2D eigenvalue weighted by molar-refractivity contribution is 8.00. The van der Waals surface area contributed by atoms with E-state index in [2.05, 4.69) is 6.92 Å². The SMILES string of the molecule is CC1OCCC1SCC(O)CC1CCCC1. The first-order valence-electron chi connectivity index (χ1n) is 6.67. The number of hydrogen-bond acceptors (Lipinski definition) is 3. The molecule has 0 aromatic heterocycles. The molecule has 1 saturated carbocycles. The summed E-state index contributed by atoms with van der Waals surface area (Å²) in [5.74, 6) is 1.70. The summed E-state index contributed by atoms with van der Waals surface area (Å²) in [7, 11) is 0. The van der Waals surface area contributed by atoms with Gasteiger partial charge in [-0.2, -0.15) is 11.8 Å². The molecule has 94 valence electrons. The highest BCUT2D eigenvalue weighted by Crippen LogP contribution is 2.31. The standard InChI is InChI=1S/C13H24O2S/c1-10-13(6-7-15-10)16-9-12(14)8-11-4-2-3-5-11/h10-14H,2-9H2,1H3. The molecule has 0 aromatic carbocycles. The van der Waals surface area contributed by atoms with E-state index in [9.17, 15) is 5.11 Å². The molecule has 3 heteroatoms. The van der Waals surface area contributed by atoms with Crippen LogP contribution in [0.1, 0.15) is 45.4 Å². The summed E-state index contributed by atoms with van der Waals surface area (Å²) in [6, 6.07) is 0. The van der Waals surface area contributed by atoms with Crippen LogP contribution in [-0.2, 0) is 4.74 Å². The van der Waals surface area contributed by atoms with Crippen molar-refractivity contribution in [3.63, 3.8) is 0 Å². The number of ether oxygens (including phenoxy) is 1. The number of aliphatic hydroxyl groups excluding tert-OH is 1. The van der Waals surface area contributed by atoms with E-state index in [4.69, 9.17) is 4.74 Å². The topological polar surface area (TPSA) is 29.5 Å². The van der Waals surface area contributed by atoms with E-state index in [0.717, 1.165) is 31.1 Å². The molecule has 0 aromatic rings. The maximum Gasteiger partial charge on any atom is 0.0666 e. The molecule has 1 heterocycles. The second-order valence-electron chi connectivity index (χ2n) is 5.28. The van der Waals surface area contributed by atoms with Gasteiger partial charge in [0.15, 0.2) is 0 Å². The first kappa shape index (κ1) is 12.7. The summed E-state index contributed by atoms with van der Waals surface area (Å²) in [6.45, 7) is 3.05. The molecule has 1 aliphatic heterocycles. The van der Waals surface area contributed by atoms with E-state index < -0.39 is 0 Å². The van der Waals surface area contributed by atoms with Crippen LogP contribution in [0.3, 0.4) is 0 Å². The van der Waals surface area contributed by atoms with E-state index >= 15 is 0 Å². The van der Waals surface area contributed by atoms with Gasteiger partial charge in [0.05, 0.1) is 12.2 Å². The summed E-state index contributed by atoms with van der Waals surface area (Å²) in [6.07, 6.45) is 7.88. The van der Waals surface area contributed by atoms with Crippen molar-refractivity contribution in [3.8, 4) is 0 Å². The minimum atomic E-state index is -0.0964. The fourth-order valence-electron chi connectivity index (χ4n) is 2.86. The lowest BCUT2D eigenvalue weighted by molar-refractivity contribution is 0.127. The van der Waals surface area contributed by atoms with E-state index in [0.29, 0.717) is 11.4 Å². The molecule has 1 saturated heterocycles. The molecule has 16 heavy (non-hydrogen) atoms. The fourth-order valence-corrected chi connectivity index (χ4v) is 4.08. The summed E-state index contributed by atoms with van der Waals surface area (Å²) >= 11 is 1.91. The van der Waals surface area contributed by atoms with Gasteiger partial charge in [-0.25, -0.2) is 0 Å². The Morgan fingerprint density at radius 1 is 1.31 bits per heavy atom. The normalized spacial score (nSPS) is 33.4. The highest BCUT2D eigenvalue weighted by atomic mass is 32.2. The zero-order chi connectivity index (χ0) is 11.4. The smallest absolute Gasteiger partial charge is 0.0666 e. The number of aliphatic hydroxyl groups is 1. The van der Waals surface area contributed by atoms with Gasteiger partial charge in [0.2, 0.25) is 0 Å². The van der Waals surface area contributed by atoms with Crippen molar-refractivity contribution in [2.24, 2.45) is 5.92 Å². The Morgan fingerprint density at radius 2 is 2.06 bits per heavy atom. The molecule has 3 atom stereocenters. The monoisotopic (exact) mass is 244 g/mol. The summed E-state index contributed by atoms with van der Waals surface area (Å²) in [5.41, 5.74) is 0. The predicted molar refractivity (Wildman–Crippen MR) is 68.9 cm³/mol. The van der Waals surface area contributed by atoms with Gasteiger partial charge >= 0.3 is 0 Å². The minimum Gasteiger partial charge on any atom is -0.392 e. The number of thioether (sulfide) groups is 1. The Bertz CT molecular complexity index is 204. The van der Waals surface area contributed by atoms with Crippen molar-refractivity contribution >= 4 is 11.8 Å². The Morgan fingerprint density at radius 3 is 2.69 bits per heavy atom. The second kappa shape index (κ2) is 6.27. The summed E-state index contributed by atoms with van der Waals surface area (Å²) in [4.78, 5) is 0. The van der Waals surface area contributed by atoms with Crippen LogP contribution < -0.4 is 0 Å². The van der Waals surface area contributed by atoms with Crippen LogP contribution in [0.2, 0.25) is 0 Å². The molecule has 3 unspecified atom stereocenters. The molecule has 0 bridgehead atoms. The van der Waals surface area contributed by atoms with Crippen LogP contribution in [0.15, 0.2) is 0 Å². The van der Waals surface area contributed by atoms with Crippen LogP contribution in [0, 0.1) is 5.92 Å². The van der Waals surface area contributed by atoms with Crippen LogP contribution >= 0.6 is 11.8 Å². The van der Waals surface area contributed by atoms with Crippen molar-refractivity contribution in [2.75, 3.05) is 12.4 Å². The quantitative estimate of drug-likeness (QED) is 0.806. The maximum absolute atomic E-state index is 9.99. The molecule has 0 radical (unpaired) electrons. The Kier molecular flexibility index (Phi) is 4.98. The Balaban J connectivity index is 1.61. The second-order valence-corrected chi connectivity index (χ2v) is 6.55. The number of hydrogen-bond donors (Lipinski definition) is 1. The lowest BCUT2D eigenvalue weighted by Crippen LogP contribution is -2.20. The largest absolute Gasteiger partial charge is 0.392 e. The van der Waals surface area contributed by atoms with E-state index in [1.807, 2.05) is 11.8 Å². The minimum absolute atomic E-state index is 0.0964. The molecule has 1 N–H and O–H groups in total. The van der Waals surface area contributed by atoms with Crippen molar-refractivity contribution in [2.45, 2.75) is 62.9 Å². The van der Waals surface area contributed by atoms with Crippen molar-refractivity contribution in [3.05, 3.63) is 0 Å². The summed E-state index contributed by atoms with van der Waals surface area (Å²) < 4.78 is 5.53. The van der Waals surface area contributed by atoms with Gasteiger partial charge in [-0.3, -0.25) is 0 Å².